The molecule has 104 valence electrons. The number of carbonyl (C=O) groups is 1. The normalized spacial score (nSPS) is 19.2. The van der Waals surface area contributed by atoms with Crippen LogP contribution in [-0.2, 0) is 11.2 Å². The number of anilines is 1. The summed E-state index contributed by atoms with van der Waals surface area (Å²) >= 11 is 4.30. The van der Waals surface area contributed by atoms with Crippen molar-refractivity contribution in [1.29, 1.82) is 0 Å². The van der Waals surface area contributed by atoms with Crippen molar-refractivity contribution in [3.63, 3.8) is 0 Å². The number of hydrogen-bond acceptors (Lipinski definition) is 4. The highest BCUT2D eigenvalue weighted by atomic mass is 32.1. The molecule has 1 amide bonds. The molecule has 0 aliphatic carbocycles. The number of thiol groups is 1. The number of rotatable bonds is 4. The van der Waals surface area contributed by atoms with Gasteiger partial charge in [-0.2, -0.15) is 12.6 Å². The molecule has 1 atom stereocenters. The van der Waals surface area contributed by atoms with Crippen LogP contribution in [0.25, 0.3) is 0 Å². The van der Waals surface area contributed by atoms with Crippen molar-refractivity contribution in [2.45, 2.75) is 44.8 Å². The lowest BCUT2D eigenvalue weighted by Gasteiger charge is -2.15. The molecule has 5 nitrogen and oxygen atoms in total. The average molecular weight is 281 g/mol. The minimum Gasteiger partial charge on any atom is -0.292 e. The van der Waals surface area contributed by atoms with Crippen LogP contribution in [0.5, 0.6) is 0 Å². The molecular formula is C13H19N3O2S. The van der Waals surface area contributed by atoms with E-state index in [4.69, 9.17) is 0 Å². The molecule has 0 bridgehead atoms. The van der Waals surface area contributed by atoms with Crippen molar-refractivity contribution < 1.29 is 4.79 Å². The Morgan fingerprint density at radius 1 is 1.47 bits per heavy atom. The van der Waals surface area contributed by atoms with Crippen LogP contribution in [-0.4, -0.2) is 27.7 Å². The maximum absolute atomic E-state index is 12.1. The molecule has 1 N–H and O–H groups in total. The number of nitrogens with one attached hydrogen (secondary N) is 1. The third kappa shape index (κ3) is 3.00. The highest BCUT2D eigenvalue weighted by Gasteiger charge is 2.30. The predicted molar refractivity (Wildman–Crippen MR) is 78.0 cm³/mol. The Morgan fingerprint density at radius 2 is 2.21 bits per heavy atom. The molecule has 1 aromatic heterocycles. The second kappa shape index (κ2) is 5.77. The minimum atomic E-state index is -0.133. The van der Waals surface area contributed by atoms with E-state index in [2.05, 4.69) is 29.5 Å². The monoisotopic (exact) mass is 281 g/mol. The standard InChI is InChI=1S/C13H19N3O2S/c1-3-4-5-10-8(2)14-13(15-12(10)18)16-7-9(19)6-11(16)17/h9,19H,3-7H2,1-2H3,(H,14,15,18). The van der Waals surface area contributed by atoms with Crippen molar-refractivity contribution in [2.24, 2.45) is 0 Å². The Hall–Kier alpha value is -1.30. The second-order valence-corrected chi connectivity index (χ2v) is 5.65. The zero-order valence-corrected chi connectivity index (χ0v) is 12.2. The van der Waals surface area contributed by atoms with Gasteiger partial charge in [-0.25, -0.2) is 4.98 Å². The molecule has 1 unspecified atom stereocenters. The van der Waals surface area contributed by atoms with Crippen LogP contribution in [0.1, 0.15) is 37.4 Å². The van der Waals surface area contributed by atoms with E-state index >= 15 is 0 Å². The fraction of sp³-hybridized carbons (Fsp3) is 0.615. The van der Waals surface area contributed by atoms with E-state index in [9.17, 15) is 9.59 Å². The lowest BCUT2D eigenvalue weighted by atomic mass is 10.1. The Bertz CT molecular complexity index is 541. The number of H-pyrrole nitrogens is 1. The molecule has 2 rings (SSSR count). The maximum Gasteiger partial charge on any atom is 0.255 e. The first-order valence-electron chi connectivity index (χ1n) is 6.61. The quantitative estimate of drug-likeness (QED) is 0.821. The summed E-state index contributed by atoms with van der Waals surface area (Å²) in [6, 6.07) is 0. The first kappa shape index (κ1) is 14.1. The van der Waals surface area contributed by atoms with Gasteiger partial charge in [0.2, 0.25) is 11.9 Å². The lowest BCUT2D eigenvalue weighted by molar-refractivity contribution is -0.117. The van der Waals surface area contributed by atoms with Crippen molar-refractivity contribution in [3.8, 4) is 0 Å². The number of carbonyl (C=O) groups excluding carboxylic acids is 1. The van der Waals surface area contributed by atoms with Gasteiger partial charge in [0, 0.05) is 29.5 Å². The Balaban J connectivity index is 2.30. The molecule has 1 aromatic rings. The number of aromatic amines is 1. The molecule has 1 aliphatic heterocycles. The first-order valence-corrected chi connectivity index (χ1v) is 7.12. The first-order chi connectivity index (χ1) is 9.02. The van der Waals surface area contributed by atoms with E-state index in [1.807, 2.05) is 6.92 Å². The van der Waals surface area contributed by atoms with Gasteiger partial charge >= 0.3 is 0 Å². The van der Waals surface area contributed by atoms with Crippen LogP contribution in [0.4, 0.5) is 5.95 Å². The summed E-state index contributed by atoms with van der Waals surface area (Å²) in [6.07, 6.45) is 3.12. The smallest absolute Gasteiger partial charge is 0.255 e. The van der Waals surface area contributed by atoms with E-state index in [1.165, 1.54) is 4.90 Å². The number of aryl methyl sites for hydroxylation is 1. The van der Waals surface area contributed by atoms with Crippen molar-refractivity contribution in [3.05, 3.63) is 21.6 Å². The molecule has 0 radical (unpaired) electrons. The SMILES string of the molecule is CCCCc1c(C)nc(N2CC(S)CC2=O)[nH]c1=O. The van der Waals surface area contributed by atoms with E-state index in [0.717, 1.165) is 24.8 Å². The van der Waals surface area contributed by atoms with E-state index < -0.39 is 0 Å². The lowest BCUT2D eigenvalue weighted by Crippen LogP contribution is -2.30. The van der Waals surface area contributed by atoms with Gasteiger partial charge in [0.15, 0.2) is 0 Å². The van der Waals surface area contributed by atoms with Gasteiger partial charge in [0.1, 0.15) is 0 Å². The van der Waals surface area contributed by atoms with Crippen LogP contribution >= 0.6 is 12.6 Å². The average Bonchev–Trinajstić information content (AvgIpc) is 2.67. The van der Waals surface area contributed by atoms with Crippen LogP contribution in [0.2, 0.25) is 0 Å². The number of hydrogen-bond donors (Lipinski definition) is 2. The number of unbranched alkanes of at least 4 members (excludes halogenated alkanes) is 1. The van der Waals surface area contributed by atoms with E-state index in [-0.39, 0.29) is 16.7 Å². The summed E-state index contributed by atoms with van der Waals surface area (Å²) in [5.41, 5.74) is 1.30. The zero-order chi connectivity index (χ0) is 14.0. The van der Waals surface area contributed by atoms with Gasteiger partial charge in [-0.15, -0.1) is 0 Å². The van der Waals surface area contributed by atoms with Crippen LogP contribution in [0.15, 0.2) is 4.79 Å². The zero-order valence-electron chi connectivity index (χ0n) is 11.3. The van der Waals surface area contributed by atoms with E-state index in [1.54, 1.807) is 0 Å². The molecule has 1 saturated heterocycles. The summed E-state index contributed by atoms with van der Waals surface area (Å²) in [6.45, 7) is 4.40. The minimum absolute atomic E-state index is 0.0119. The third-order valence-corrected chi connectivity index (χ3v) is 3.70. The van der Waals surface area contributed by atoms with Crippen molar-refractivity contribution in [1.82, 2.24) is 9.97 Å². The molecule has 19 heavy (non-hydrogen) atoms. The third-order valence-electron chi connectivity index (χ3n) is 3.35. The fourth-order valence-electron chi connectivity index (χ4n) is 2.26. The Morgan fingerprint density at radius 3 is 2.74 bits per heavy atom. The van der Waals surface area contributed by atoms with E-state index in [0.29, 0.717) is 24.6 Å². The van der Waals surface area contributed by atoms with Gasteiger partial charge in [-0.05, 0) is 19.8 Å². The summed E-state index contributed by atoms with van der Waals surface area (Å²) in [5, 5.41) is 0.0119. The highest BCUT2D eigenvalue weighted by molar-refractivity contribution is 7.81. The van der Waals surface area contributed by atoms with Gasteiger partial charge in [-0.1, -0.05) is 13.3 Å². The molecule has 1 fully saturated rings. The second-order valence-electron chi connectivity index (χ2n) is 4.92. The van der Waals surface area contributed by atoms with Crippen LogP contribution < -0.4 is 10.5 Å². The number of aromatic nitrogens is 2. The summed E-state index contributed by atoms with van der Waals surface area (Å²) < 4.78 is 0. The Kier molecular flexibility index (Phi) is 4.29. The molecule has 0 saturated carbocycles. The van der Waals surface area contributed by atoms with Crippen LogP contribution in [0.3, 0.4) is 0 Å². The van der Waals surface area contributed by atoms with Gasteiger partial charge in [-0.3, -0.25) is 19.5 Å². The summed E-state index contributed by atoms with van der Waals surface area (Å²) in [4.78, 5) is 32.4. The van der Waals surface area contributed by atoms with Crippen molar-refractivity contribution in [2.75, 3.05) is 11.4 Å². The molecular weight excluding hydrogens is 262 g/mol. The molecule has 0 spiro atoms. The Labute approximate surface area is 117 Å². The van der Waals surface area contributed by atoms with Crippen LogP contribution in [0, 0.1) is 6.92 Å². The number of nitrogens with zero attached hydrogens (tertiary/aromatic N) is 2. The molecule has 1 aliphatic rings. The fourth-order valence-corrected chi connectivity index (χ4v) is 2.58. The summed E-state index contributed by atoms with van der Waals surface area (Å²) in [7, 11) is 0. The topological polar surface area (TPSA) is 66.1 Å². The largest absolute Gasteiger partial charge is 0.292 e. The van der Waals surface area contributed by atoms with Gasteiger partial charge < -0.3 is 0 Å². The molecule has 6 heteroatoms. The summed E-state index contributed by atoms with van der Waals surface area (Å²) in [5.74, 6) is 0.313. The van der Waals surface area contributed by atoms with Gasteiger partial charge in [0.25, 0.3) is 5.56 Å². The maximum atomic E-state index is 12.1. The predicted octanol–water partition coefficient (Wildman–Crippen LogP) is 1.46. The highest BCUT2D eigenvalue weighted by Crippen LogP contribution is 2.20. The molecule has 0 aromatic carbocycles. The van der Waals surface area contributed by atoms with Crippen molar-refractivity contribution >= 4 is 24.5 Å². The van der Waals surface area contributed by atoms with Gasteiger partial charge in [0.05, 0.1) is 0 Å². The number of amides is 1. The molecule has 2 heterocycles.